The summed E-state index contributed by atoms with van der Waals surface area (Å²) in [6.07, 6.45) is 1.77. The third kappa shape index (κ3) is 4.30. The number of rotatable bonds is 4. The molecule has 1 aliphatic rings. The van der Waals surface area contributed by atoms with Crippen LogP contribution in [0.5, 0.6) is 0 Å². The van der Waals surface area contributed by atoms with Gasteiger partial charge in [-0.2, -0.15) is 0 Å². The molecule has 2 unspecified atom stereocenters. The van der Waals surface area contributed by atoms with Gasteiger partial charge in [-0.25, -0.2) is 12.7 Å². The van der Waals surface area contributed by atoms with E-state index in [2.05, 4.69) is 0 Å². The lowest BCUT2D eigenvalue weighted by Crippen LogP contribution is -2.49. The minimum atomic E-state index is -3.56. The molecule has 6 nitrogen and oxygen atoms in total. The van der Waals surface area contributed by atoms with Gasteiger partial charge in [-0.3, -0.25) is 4.79 Å². The van der Waals surface area contributed by atoms with E-state index in [-0.39, 0.29) is 24.2 Å². The highest BCUT2D eigenvalue weighted by atomic mass is 35.5. The van der Waals surface area contributed by atoms with Crippen molar-refractivity contribution in [2.45, 2.75) is 25.0 Å². The van der Waals surface area contributed by atoms with Crippen LogP contribution in [-0.4, -0.2) is 62.5 Å². The Kier molecular flexibility index (Phi) is 7.28. The zero-order valence-electron chi connectivity index (χ0n) is 11.7. The molecule has 0 radical (unpaired) electrons. The van der Waals surface area contributed by atoms with Gasteiger partial charge in [0, 0.05) is 27.2 Å². The molecule has 1 heterocycles. The van der Waals surface area contributed by atoms with Crippen LogP contribution in [0.25, 0.3) is 0 Å². The Hall–Kier alpha value is -0.370. The molecule has 0 aromatic heterocycles. The summed E-state index contributed by atoms with van der Waals surface area (Å²) >= 11 is 0. The molecule has 0 aliphatic carbocycles. The second-order valence-corrected chi connectivity index (χ2v) is 7.28. The monoisotopic (exact) mass is 313 g/mol. The van der Waals surface area contributed by atoms with Gasteiger partial charge in [0.25, 0.3) is 0 Å². The molecule has 8 heteroatoms. The number of halogens is 1. The number of sulfonamides is 1. The molecule has 114 valence electrons. The summed E-state index contributed by atoms with van der Waals surface area (Å²) < 4.78 is 26.1. The average molecular weight is 314 g/mol. The molecule has 0 spiro atoms. The van der Waals surface area contributed by atoms with Crippen LogP contribution < -0.4 is 5.73 Å². The van der Waals surface area contributed by atoms with Gasteiger partial charge in [-0.05, 0) is 32.2 Å². The summed E-state index contributed by atoms with van der Waals surface area (Å²) in [5.41, 5.74) is 5.60. The normalized spacial score (nSPS) is 22.4. The number of amides is 1. The van der Waals surface area contributed by atoms with E-state index in [0.717, 1.165) is 12.8 Å². The van der Waals surface area contributed by atoms with Crippen molar-refractivity contribution in [1.29, 1.82) is 0 Å². The minimum absolute atomic E-state index is 0. The lowest BCUT2D eigenvalue weighted by Gasteiger charge is -2.33. The zero-order chi connectivity index (χ0) is 13.9. The average Bonchev–Trinajstić information content (AvgIpc) is 2.36. The van der Waals surface area contributed by atoms with Gasteiger partial charge >= 0.3 is 0 Å². The number of nitrogens with zero attached hydrogens (tertiary/aromatic N) is 2. The van der Waals surface area contributed by atoms with E-state index in [1.54, 1.807) is 14.1 Å². The van der Waals surface area contributed by atoms with E-state index >= 15 is 0 Å². The summed E-state index contributed by atoms with van der Waals surface area (Å²) in [4.78, 5) is 13.1. The van der Waals surface area contributed by atoms with Crippen LogP contribution in [0.15, 0.2) is 0 Å². The van der Waals surface area contributed by atoms with E-state index in [1.807, 2.05) is 0 Å². The van der Waals surface area contributed by atoms with E-state index in [1.165, 1.54) is 16.1 Å². The van der Waals surface area contributed by atoms with Crippen LogP contribution in [0.4, 0.5) is 0 Å². The molecule has 1 aliphatic heterocycles. The van der Waals surface area contributed by atoms with Crippen molar-refractivity contribution in [3.63, 3.8) is 0 Å². The molecule has 1 amide bonds. The molecular formula is C11H24ClN3O3S. The molecule has 0 bridgehead atoms. The van der Waals surface area contributed by atoms with Crippen LogP contribution in [-0.2, 0) is 14.8 Å². The molecule has 1 saturated heterocycles. The molecule has 1 rings (SSSR count). The molecule has 0 aromatic carbocycles. The Balaban J connectivity index is 0.00000324. The number of hydrogen-bond acceptors (Lipinski definition) is 4. The van der Waals surface area contributed by atoms with Crippen LogP contribution in [0.3, 0.4) is 0 Å². The Labute approximate surface area is 121 Å². The van der Waals surface area contributed by atoms with Gasteiger partial charge in [-0.15, -0.1) is 12.4 Å². The van der Waals surface area contributed by atoms with Gasteiger partial charge in [-0.1, -0.05) is 0 Å². The fraction of sp³-hybridized carbons (Fsp3) is 0.909. The molecule has 0 aromatic rings. The van der Waals surface area contributed by atoms with E-state index < -0.39 is 15.3 Å². The first-order valence-electron chi connectivity index (χ1n) is 6.21. The maximum absolute atomic E-state index is 12.3. The highest BCUT2D eigenvalue weighted by Gasteiger charge is 2.36. The first kappa shape index (κ1) is 18.6. The molecule has 2 N–H and O–H groups in total. The number of piperidine rings is 1. The van der Waals surface area contributed by atoms with Gasteiger partial charge in [0.2, 0.25) is 15.9 Å². The standard InChI is InChI=1S/C11H23N3O3S.ClH/c1-9(11(15)13(2)3)18(16,17)14-6-4-5-10(7-12)8-14;/h9-10H,4-8,12H2,1-3H3;1H. The lowest BCUT2D eigenvalue weighted by atomic mass is 10.0. The Morgan fingerprint density at radius 2 is 2.05 bits per heavy atom. The first-order chi connectivity index (χ1) is 8.30. The van der Waals surface area contributed by atoms with Crippen molar-refractivity contribution in [1.82, 2.24) is 9.21 Å². The SMILES string of the molecule is CC(C(=O)N(C)C)S(=O)(=O)N1CCCC(CN)C1.Cl. The molecule has 0 saturated carbocycles. The molecular weight excluding hydrogens is 290 g/mol. The highest BCUT2D eigenvalue weighted by Crippen LogP contribution is 2.21. The van der Waals surface area contributed by atoms with Crippen LogP contribution >= 0.6 is 12.4 Å². The van der Waals surface area contributed by atoms with Gasteiger partial charge in [0.1, 0.15) is 0 Å². The lowest BCUT2D eigenvalue weighted by molar-refractivity contribution is -0.128. The second kappa shape index (κ2) is 7.42. The van der Waals surface area contributed by atoms with Crippen LogP contribution in [0.2, 0.25) is 0 Å². The maximum atomic E-state index is 12.3. The van der Waals surface area contributed by atoms with Crippen molar-refractivity contribution >= 4 is 28.3 Å². The van der Waals surface area contributed by atoms with Crippen molar-refractivity contribution in [3.8, 4) is 0 Å². The third-order valence-electron chi connectivity index (χ3n) is 3.41. The topological polar surface area (TPSA) is 83.7 Å². The first-order valence-corrected chi connectivity index (χ1v) is 7.71. The van der Waals surface area contributed by atoms with Crippen molar-refractivity contribution in [2.24, 2.45) is 11.7 Å². The molecule has 2 atom stereocenters. The van der Waals surface area contributed by atoms with Crippen molar-refractivity contribution < 1.29 is 13.2 Å². The number of hydrogen-bond donors (Lipinski definition) is 1. The summed E-state index contributed by atoms with van der Waals surface area (Å²) in [6, 6.07) is 0. The Morgan fingerprint density at radius 3 is 2.53 bits per heavy atom. The fourth-order valence-electron chi connectivity index (χ4n) is 2.17. The van der Waals surface area contributed by atoms with Gasteiger partial charge in [0.15, 0.2) is 5.25 Å². The van der Waals surface area contributed by atoms with Crippen molar-refractivity contribution in [3.05, 3.63) is 0 Å². The summed E-state index contributed by atoms with van der Waals surface area (Å²) in [5.74, 6) is -0.181. The number of carbonyl (C=O) groups excluding carboxylic acids is 1. The maximum Gasteiger partial charge on any atom is 0.241 e. The fourth-order valence-corrected chi connectivity index (χ4v) is 3.88. The smallest absolute Gasteiger partial charge is 0.241 e. The highest BCUT2D eigenvalue weighted by molar-refractivity contribution is 7.90. The number of carbonyl (C=O) groups is 1. The largest absolute Gasteiger partial charge is 0.348 e. The second-order valence-electron chi connectivity index (χ2n) is 5.02. The van der Waals surface area contributed by atoms with Crippen LogP contribution in [0, 0.1) is 5.92 Å². The van der Waals surface area contributed by atoms with E-state index in [4.69, 9.17) is 5.73 Å². The molecule has 19 heavy (non-hydrogen) atoms. The predicted octanol–water partition coefficient (Wildman–Crippen LogP) is -0.115. The van der Waals surface area contributed by atoms with E-state index in [0.29, 0.717) is 19.6 Å². The number of nitrogens with two attached hydrogens (primary N) is 1. The Bertz CT molecular complexity index is 400. The van der Waals surface area contributed by atoms with E-state index in [9.17, 15) is 13.2 Å². The Morgan fingerprint density at radius 1 is 1.47 bits per heavy atom. The predicted molar refractivity (Wildman–Crippen MR) is 77.7 cm³/mol. The minimum Gasteiger partial charge on any atom is -0.348 e. The van der Waals surface area contributed by atoms with Crippen molar-refractivity contribution in [2.75, 3.05) is 33.7 Å². The van der Waals surface area contributed by atoms with Gasteiger partial charge < -0.3 is 10.6 Å². The quantitative estimate of drug-likeness (QED) is 0.784. The van der Waals surface area contributed by atoms with Crippen LogP contribution in [0.1, 0.15) is 19.8 Å². The zero-order valence-corrected chi connectivity index (χ0v) is 13.3. The molecule has 1 fully saturated rings. The summed E-state index contributed by atoms with van der Waals surface area (Å²) in [6.45, 7) is 2.86. The third-order valence-corrected chi connectivity index (χ3v) is 5.56. The summed E-state index contributed by atoms with van der Waals surface area (Å²) in [7, 11) is -0.437. The van der Waals surface area contributed by atoms with Gasteiger partial charge in [0.05, 0.1) is 0 Å². The summed E-state index contributed by atoms with van der Waals surface area (Å²) in [5, 5.41) is -1.02.